The molecule has 7 heteroatoms. The number of carbonyl (C=O) groups is 1. The first-order valence-electron chi connectivity index (χ1n) is 10.8. The molecule has 1 aliphatic carbocycles. The quantitative estimate of drug-likeness (QED) is 0.524. The number of nitrogens with zero attached hydrogens (tertiary/aromatic N) is 2. The summed E-state index contributed by atoms with van der Waals surface area (Å²) in [6.07, 6.45) is 6.27. The molecule has 0 atom stereocenters. The number of rotatable bonds is 6. The molecule has 1 saturated carbocycles. The van der Waals surface area contributed by atoms with E-state index >= 15 is 0 Å². The summed E-state index contributed by atoms with van der Waals surface area (Å²) in [5, 5.41) is 4.29. The number of nitrogens with one attached hydrogen (secondary N) is 1. The normalized spacial score (nSPS) is 14.6. The highest BCUT2D eigenvalue weighted by molar-refractivity contribution is 7.92. The lowest BCUT2D eigenvalue weighted by Gasteiger charge is -2.25. The van der Waals surface area contributed by atoms with Gasteiger partial charge in [-0.05, 0) is 75.8 Å². The molecule has 0 aromatic heterocycles. The van der Waals surface area contributed by atoms with E-state index in [1.54, 1.807) is 30.3 Å². The minimum atomic E-state index is -3.93. The van der Waals surface area contributed by atoms with Crippen molar-refractivity contribution in [1.82, 2.24) is 5.43 Å². The molecule has 1 fully saturated rings. The highest BCUT2D eigenvalue weighted by Gasteiger charge is 2.28. The zero-order chi connectivity index (χ0) is 22.4. The van der Waals surface area contributed by atoms with Crippen LogP contribution < -0.4 is 9.73 Å². The molecule has 0 saturated heterocycles. The van der Waals surface area contributed by atoms with E-state index in [9.17, 15) is 13.2 Å². The molecule has 0 spiro atoms. The Morgan fingerprint density at radius 2 is 1.55 bits per heavy atom. The van der Waals surface area contributed by atoms with Crippen LogP contribution in [0.5, 0.6) is 0 Å². The average molecular weight is 442 g/mol. The van der Waals surface area contributed by atoms with Crippen LogP contribution in [0.1, 0.15) is 55.2 Å². The Hall–Kier alpha value is -2.67. The third-order valence-electron chi connectivity index (χ3n) is 5.55. The van der Waals surface area contributed by atoms with Gasteiger partial charge in [0.15, 0.2) is 0 Å². The Morgan fingerprint density at radius 3 is 2.19 bits per heavy atom. The molecule has 2 aromatic carbocycles. The Kier molecular flexibility index (Phi) is 7.49. The largest absolute Gasteiger partial charge is 0.271 e. The number of benzene rings is 2. The van der Waals surface area contributed by atoms with E-state index in [0.717, 1.165) is 48.1 Å². The fraction of sp³-hybridized carbons (Fsp3) is 0.417. The number of sulfonamides is 1. The van der Waals surface area contributed by atoms with Crippen molar-refractivity contribution in [2.45, 2.75) is 64.2 Å². The van der Waals surface area contributed by atoms with E-state index in [1.807, 2.05) is 32.9 Å². The van der Waals surface area contributed by atoms with Crippen LogP contribution >= 0.6 is 0 Å². The second-order valence-electron chi connectivity index (χ2n) is 8.24. The van der Waals surface area contributed by atoms with Crippen LogP contribution in [-0.4, -0.2) is 26.6 Å². The van der Waals surface area contributed by atoms with Crippen molar-refractivity contribution in [1.29, 1.82) is 0 Å². The lowest BCUT2D eigenvalue weighted by molar-refractivity contribution is -0.119. The van der Waals surface area contributed by atoms with Gasteiger partial charge in [-0.3, -0.25) is 9.10 Å². The lowest BCUT2D eigenvalue weighted by Crippen LogP contribution is -2.40. The first-order chi connectivity index (χ1) is 14.8. The van der Waals surface area contributed by atoms with Crippen LogP contribution in [0, 0.1) is 20.8 Å². The number of hydrogen-bond donors (Lipinski definition) is 1. The molecule has 1 N–H and O–H groups in total. The van der Waals surface area contributed by atoms with Crippen LogP contribution in [0.2, 0.25) is 0 Å². The van der Waals surface area contributed by atoms with Gasteiger partial charge in [0.1, 0.15) is 6.54 Å². The first-order valence-corrected chi connectivity index (χ1v) is 12.2. The molecule has 166 valence electrons. The predicted octanol–water partition coefficient (Wildman–Crippen LogP) is 4.63. The van der Waals surface area contributed by atoms with Gasteiger partial charge in [-0.25, -0.2) is 13.8 Å². The maximum atomic E-state index is 13.5. The highest BCUT2D eigenvalue weighted by Crippen LogP contribution is 2.28. The zero-order valence-corrected chi connectivity index (χ0v) is 19.3. The van der Waals surface area contributed by atoms with Gasteiger partial charge in [-0.1, -0.05) is 42.7 Å². The van der Waals surface area contributed by atoms with Crippen molar-refractivity contribution in [3.05, 3.63) is 59.2 Å². The molecule has 0 bridgehead atoms. The number of anilines is 1. The zero-order valence-electron chi connectivity index (χ0n) is 18.5. The highest BCUT2D eigenvalue weighted by atomic mass is 32.2. The molecule has 0 heterocycles. The molecule has 1 aliphatic rings. The van der Waals surface area contributed by atoms with Crippen molar-refractivity contribution in [2.24, 2.45) is 5.10 Å². The van der Waals surface area contributed by atoms with Gasteiger partial charge >= 0.3 is 0 Å². The van der Waals surface area contributed by atoms with Crippen molar-refractivity contribution >= 4 is 27.3 Å². The molecule has 31 heavy (non-hydrogen) atoms. The van der Waals surface area contributed by atoms with Crippen LogP contribution in [0.4, 0.5) is 5.69 Å². The summed E-state index contributed by atoms with van der Waals surface area (Å²) in [6.45, 7) is 5.31. The predicted molar refractivity (Wildman–Crippen MR) is 125 cm³/mol. The van der Waals surface area contributed by atoms with Crippen molar-refractivity contribution < 1.29 is 13.2 Å². The summed E-state index contributed by atoms with van der Waals surface area (Å²) in [6, 6.07) is 12.3. The maximum absolute atomic E-state index is 13.5. The molecular formula is C24H31N3O3S. The molecule has 3 rings (SSSR count). The smallest absolute Gasteiger partial charge is 0.264 e. The van der Waals surface area contributed by atoms with E-state index in [-0.39, 0.29) is 11.4 Å². The van der Waals surface area contributed by atoms with Crippen LogP contribution in [0.25, 0.3) is 0 Å². The van der Waals surface area contributed by atoms with E-state index in [2.05, 4.69) is 10.5 Å². The van der Waals surface area contributed by atoms with E-state index in [0.29, 0.717) is 5.69 Å². The lowest BCUT2D eigenvalue weighted by atomic mass is 10.1. The number of amides is 1. The van der Waals surface area contributed by atoms with Gasteiger partial charge in [0.2, 0.25) is 0 Å². The fourth-order valence-corrected chi connectivity index (χ4v) is 5.16. The van der Waals surface area contributed by atoms with Gasteiger partial charge in [-0.2, -0.15) is 5.10 Å². The Balaban J connectivity index is 1.90. The Bertz CT molecular complexity index is 1050. The van der Waals surface area contributed by atoms with Gasteiger partial charge in [0, 0.05) is 5.71 Å². The Labute approximate surface area is 185 Å². The summed E-state index contributed by atoms with van der Waals surface area (Å²) in [5.41, 5.74) is 6.73. The molecule has 6 nitrogen and oxygen atoms in total. The van der Waals surface area contributed by atoms with Crippen LogP contribution in [0.15, 0.2) is 52.5 Å². The summed E-state index contributed by atoms with van der Waals surface area (Å²) < 4.78 is 28.2. The number of hydrogen-bond acceptors (Lipinski definition) is 4. The summed E-state index contributed by atoms with van der Waals surface area (Å²) in [7, 11) is -3.93. The minimum Gasteiger partial charge on any atom is -0.271 e. The topological polar surface area (TPSA) is 78.8 Å². The molecule has 2 aromatic rings. The van der Waals surface area contributed by atoms with Crippen molar-refractivity contribution in [3.8, 4) is 0 Å². The van der Waals surface area contributed by atoms with Gasteiger partial charge in [-0.15, -0.1) is 0 Å². The third kappa shape index (κ3) is 5.94. The van der Waals surface area contributed by atoms with E-state index < -0.39 is 15.9 Å². The first kappa shape index (κ1) is 23.0. The van der Waals surface area contributed by atoms with Gasteiger partial charge in [0.05, 0.1) is 10.6 Å². The third-order valence-corrected chi connectivity index (χ3v) is 7.32. The number of carbonyl (C=O) groups excluding carboxylic acids is 1. The molecular weight excluding hydrogens is 410 g/mol. The molecule has 0 unspecified atom stereocenters. The van der Waals surface area contributed by atoms with Crippen molar-refractivity contribution in [2.75, 3.05) is 10.8 Å². The second kappa shape index (κ2) is 10.1. The maximum Gasteiger partial charge on any atom is 0.264 e. The SMILES string of the molecule is Cc1ccc(S(=O)(=O)N(CC(=O)NN=C2CCCCCC2)c2cc(C)ccc2C)cc1. The van der Waals surface area contributed by atoms with Crippen LogP contribution in [-0.2, 0) is 14.8 Å². The standard InChI is InChI=1S/C24H31N3O3S/c1-18-11-14-22(15-12-18)31(29,30)27(23-16-19(2)10-13-20(23)3)17-24(28)26-25-21-8-6-4-5-7-9-21/h10-16H,4-9,17H2,1-3H3,(H,26,28). The number of hydrazone groups is 1. The molecule has 0 aliphatic heterocycles. The summed E-state index contributed by atoms with van der Waals surface area (Å²) in [4.78, 5) is 12.9. The molecule has 1 amide bonds. The second-order valence-corrected chi connectivity index (χ2v) is 10.1. The fourth-order valence-electron chi connectivity index (χ4n) is 3.68. The van der Waals surface area contributed by atoms with Crippen molar-refractivity contribution in [3.63, 3.8) is 0 Å². The summed E-state index contributed by atoms with van der Waals surface area (Å²) >= 11 is 0. The Morgan fingerprint density at radius 1 is 0.935 bits per heavy atom. The minimum absolute atomic E-state index is 0.155. The van der Waals surface area contributed by atoms with Gasteiger partial charge in [0.25, 0.3) is 15.9 Å². The average Bonchev–Trinajstić information content (AvgIpc) is 3.01. The van der Waals surface area contributed by atoms with Gasteiger partial charge < -0.3 is 0 Å². The van der Waals surface area contributed by atoms with Crippen LogP contribution in [0.3, 0.4) is 0 Å². The van der Waals surface area contributed by atoms with E-state index in [1.165, 1.54) is 17.1 Å². The summed E-state index contributed by atoms with van der Waals surface area (Å²) in [5.74, 6) is -0.451. The monoisotopic (exact) mass is 441 g/mol. The number of aryl methyl sites for hydroxylation is 3. The van der Waals surface area contributed by atoms with E-state index in [4.69, 9.17) is 0 Å². The molecule has 0 radical (unpaired) electrons.